The summed E-state index contributed by atoms with van der Waals surface area (Å²) in [5.74, 6) is 0.720. The lowest BCUT2D eigenvalue weighted by Crippen LogP contribution is -2.47. The molecule has 2 aromatic carbocycles. The number of nitrogens with one attached hydrogen (secondary N) is 1. The molecule has 1 aliphatic carbocycles. The maximum atomic E-state index is 13.6. The van der Waals surface area contributed by atoms with E-state index in [2.05, 4.69) is 17.4 Å². The molecule has 4 heteroatoms. The zero-order valence-corrected chi connectivity index (χ0v) is 17.4. The lowest BCUT2D eigenvalue weighted by molar-refractivity contribution is -0.103. The van der Waals surface area contributed by atoms with E-state index in [9.17, 15) is 4.39 Å². The van der Waals surface area contributed by atoms with Gasteiger partial charge in [-0.05, 0) is 74.0 Å². The summed E-state index contributed by atoms with van der Waals surface area (Å²) in [5, 5.41) is 3.62. The summed E-state index contributed by atoms with van der Waals surface area (Å²) in [7, 11) is 1.69. The standard InChI is InChI=1S/C25H32FNO2/c1-28-23-10-4-20(5-11-23)18-27-16-14-24(21-6-8-22(26)9-7-21)15-17-29-25(19-24)12-2-3-13-25/h4-11,27H,2-3,12-19H2,1H3. The summed E-state index contributed by atoms with van der Waals surface area (Å²) in [6, 6.07) is 15.4. The van der Waals surface area contributed by atoms with E-state index in [1.165, 1.54) is 24.0 Å². The van der Waals surface area contributed by atoms with E-state index >= 15 is 0 Å². The second kappa shape index (κ2) is 8.85. The number of hydrogen-bond acceptors (Lipinski definition) is 3. The predicted octanol–water partition coefficient (Wildman–Crippen LogP) is 5.38. The van der Waals surface area contributed by atoms with E-state index in [-0.39, 0.29) is 16.8 Å². The smallest absolute Gasteiger partial charge is 0.123 e. The molecule has 1 atom stereocenters. The van der Waals surface area contributed by atoms with Crippen LogP contribution in [0.15, 0.2) is 48.5 Å². The third kappa shape index (κ3) is 4.65. The molecular formula is C25H32FNO2. The van der Waals surface area contributed by atoms with E-state index in [1.54, 1.807) is 19.2 Å². The lowest BCUT2D eigenvalue weighted by atomic mass is 9.66. The Balaban J connectivity index is 1.44. The molecule has 156 valence electrons. The Bertz CT molecular complexity index is 783. The first-order valence-corrected chi connectivity index (χ1v) is 10.9. The van der Waals surface area contributed by atoms with Gasteiger partial charge in [0.1, 0.15) is 11.6 Å². The van der Waals surface area contributed by atoms with Gasteiger partial charge < -0.3 is 14.8 Å². The molecule has 1 heterocycles. The number of benzene rings is 2. The lowest BCUT2D eigenvalue weighted by Gasteiger charge is -2.47. The van der Waals surface area contributed by atoms with Crippen molar-refractivity contribution in [1.82, 2.24) is 5.32 Å². The van der Waals surface area contributed by atoms with Gasteiger partial charge >= 0.3 is 0 Å². The molecule has 4 rings (SSSR count). The number of hydrogen-bond donors (Lipinski definition) is 1. The minimum Gasteiger partial charge on any atom is -0.497 e. The first-order valence-electron chi connectivity index (χ1n) is 10.9. The van der Waals surface area contributed by atoms with Crippen LogP contribution in [0.3, 0.4) is 0 Å². The van der Waals surface area contributed by atoms with Crippen molar-refractivity contribution in [3.8, 4) is 5.75 Å². The number of ether oxygens (including phenoxy) is 2. The molecule has 2 aromatic rings. The van der Waals surface area contributed by atoms with Crippen LogP contribution in [0.5, 0.6) is 5.75 Å². The van der Waals surface area contributed by atoms with Crippen LogP contribution in [0.2, 0.25) is 0 Å². The van der Waals surface area contributed by atoms with Crippen molar-refractivity contribution >= 4 is 0 Å². The van der Waals surface area contributed by atoms with Gasteiger partial charge in [0.25, 0.3) is 0 Å². The van der Waals surface area contributed by atoms with Crippen LogP contribution >= 0.6 is 0 Å². The van der Waals surface area contributed by atoms with E-state index in [0.29, 0.717) is 0 Å². The number of methoxy groups -OCH3 is 1. The topological polar surface area (TPSA) is 30.5 Å². The summed E-state index contributed by atoms with van der Waals surface area (Å²) in [4.78, 5) is 0. The zero-order valence-electron chi connectivity index (χ0n) is 17.4. The van der Waals surface area contributed by atoms with Gasteiger partial charge in [0.2, 0.25) is 0 Å². The van der Waals surface area contributed by atoms with E-state index < -0.39 is 0 Å². The molecule has 1 spiro atoms. The van der Waals surface area contributed by atoms with E-state index in [0.717, 1.165) is 57.6 Å². The normalized spacial score (nSPS) is 23.4. The van der Waals surface area contributed by atoms with Gasteiger partial charge in [0.15, 0.2) is 0 Å². The van der Waals surface area contributed by atoms with E-state index in [4.69, 9.17) is 9.47 Å². The number of rotatable bonds is 7. The van der Waals surface area contributed by atoms with Crippen LogP contribution in [-0.2, 0) is 16.7 Å². The average Bonchev–Trinajstić information content (AvgIpc) is 3.19. The minimum absolute atomic E-state index is 0.0304. The van der Waals surface area contributed by atoms with Crippen molar-refractivity contribution in [3.63, 3.8) is 0 Å². The minimum atomic E-state index is -0.163. The second-order valence-corrected chi connectivity index (χ2v) is 8.73. The van der Waals surface area contributed by atoms with E-state index in [1.807, 2.05) is 24.3 Å². The Morgan fingerprint density at radius 2 is 1.72 bits per heavy atom. The Morgan fingerprint density at radius 1 is 1.00 bits per heavy atom. The molecule has 3 nitrogen and oxygen atoms in total. The van der Waals surface area contributed by atoms with Crippen LogP contribution < -0.4 is 10.1 Å². The first-order chi connectivity index (χ1) is 14.1. The molecule has 0 radical (unpaired) electrons. The summed E-state index contributed by atoms with van der Waals surface area (Å²) in [6.45, 7) is 2.57. The van der Waals surface area contributed by atoms with Crippen molar-refractivity contribution in [2.75, 3.05) is 20.3 Å². The van der Waals surface area contributed by atoms with Crippen LogP contribution in [0.4, 0.5) is 4.39 Å². The maximum Gasteiger partial charge on any atom is 0.123 e. The molecule has 1 unspecified atom stereocenters. The summed E-state index contributed by atoms with van der Waals surface area (Å²) < 4.78 is 25.1. The molecule has 0 amide bonds. The van der Waals surface area contributed by atoms with Crippen LogP contribution in [0.1, 0.15) is 56.1 Å². The third-order valence-corrected chi connectivity index (χ3v) is 6.89. The quantitative estimate of drug-likeness (QED) is 0.637. The summed E-state index contributed by atoms with van der Waals surface area (Å²) in [6.07, 6.45) is 7.94. The van der Waals surface area contributed by atoms with Crippen LogP contribution in [-0.4, -0.2) is 25.9 Å². The zero-order chi connectivity index (χ0) is 20.2. The third-order valence-electron chi connectivity index (χ3n) is 6.89. The maximum absolute atomic E-state index is 13.6. The largest absolute Gasteiger partial charge is 0.497 e. The van der Waals surface area contributed by atoms with Gasteiger partial charge in [-0.3, -0.25) is 0 Å². The SMILES string of the molecule is COc1ccc(CNCCC2(c3ccc(F)cc3)CCOC3(CCCC3)C2)cc1. The van der Waals surface area contributed by atoms with Gasteiger partial charge in [0.05, 0.1) is 12.7 Å². The Hall–Kier alpha value is -1.91. The van der Waals surface area contributed by atoms with Gasteiger partial charge in [0, 0.05) is 18.6 Å². The predicted molar refractivity (Wildman–Crippen MR) is 114 cm³/mol. The molecule has 0 aromatic heterocycles. The molecule has 0 bridgehead atoms. The highest BCUT2D eigenvalue weighted by atomic mass is 19.1. The monoisotopic (exact) mass is 397 g/mol. The molecule has 1 aliphatic heterocycles. The molecule has 2 fully saturated rings. The Kier molecular flexibility index (Phi) is 6.21. The fraction of sp³-hybridized carbons (Fsp3) is 0.520. The fourth-order valence-electron chi connectivity index (χ4n) is 5.27. The van der Waals surface area contributed by atoms with Crippen molar-refractivity contribution < 1.29 is 13.9 Å². The van der Waals surface area contributed by atoms with Crippen molar-refractivity contribution in [3.05, 3.63) is 65.5 Å². The highest BCUT2D eigenvalue weighted by Gasteiger charge is 2.47. The molecule has 1 N–H and O–H groups in total. The van der Waals surface area contributed by atoms with Crippen molar-refractivity contribution in [2.24, 2.45) is 0 Å². The van der Waals surface area contributed by atoms with Crippen molar-refractivity contribution in [2.45, 2.75) is 62.5 Å². The molecule has 1 saturated heterocycles. The van der Waals surface area contributed by atoms with Crippen LogP contribution in [0, 0.1) is 5.82 Å². The second-order valence-electron chi connectivity index (χ2n) is 8.73. The highest BCUT2D eigenvalue weighted by Crippen LogP contribution is 2.50. The molecule has 2 aliphatic rings. The van der Waals surface area contributed by atoms with Gasteiger partial charge in [-0.15, -0.1) is 0 Å². The van der Waals surface area contributed by atoms with Crippen molar-refractivity contribution in [1.29, 1.82) is 0 Å². The van der Waals surface area contributed by atoms with Gasteiger partial charge in [-0.2, -0.15) is 0 Å². The highest BCUT2D eigenvalue weighted by molar-refractivity contribution is 5.29. The van der Waals surface area contributed by atoms with Crippen LogP contribution in [0.25, 0.3) is 0 Å². The first kappa shape index (κ1) is 20.4. The Labute approximate surface area is 173 Å². The van der Waals surface area contributed by atoms with Gasteiger partial charge in [-0.1, -0.05) is 37.1 Å². The summed E-state index contributed by atoms with van der Waals surface area (Å²) in [5.41, 5.74) is 2.60. The number of halogens is 1. The fourth-order valence-corrected chi connectivity index (χ4v) is 5.27. The molecular weight excluding hydrogens is 365 g/mol. The summed E-state index contributed by atoms with van der Waals surface area (Å²) >= 11 is 0. The Morgan fingerprint density at radius 3 is 2.41 bits per heavy atom. The molecule has 29 heavy (non-hydrogen) atoms. The van der Waals surface area contributed by atoms with Gasteiger partial charge in [-0.25, -0.2) is 4.39 Å². The average molecular weight is 398 g/mol. The molecule has 1 saturated carbocycles.